The van der Waals surface area contributed by atoms with Gasteiger partial charge in [-0.1, -0.05) is 18.2 Å². The third-order valence-corrected chi connectivity index (χ3v) is 2.30. The molecular formula is C11H11IO2. The number of benzene rings is 1. The zero-order valence-electron chi connectivity index (χ0n) is 7.70. The summed E-state index contributed by atoms with van der Waals surface area (Å²) >= 11 is 1.59. The summed E-state index contributed by atoms with van der Waals surface area (Å²) in [7, 11) is 0. The van der Waals surface area contributed by atoms with Crippen molar-refractivity contribution >= 4 is 29.0 Å². The second kappa shape index (κ2) is 5.80. The lowest BCUT2D eigenvalue weighted by molar-refractivity contribution is 0.0800. The number of carbonyl (C=O) groups is 1. The molecule has 14 heavy (non-hydrogen) atoms. The van der Waals surface area contributed by atoms with Gasteiger partial charge in [-0.15, -0.1) is 6.58 Å². The Balaban J connectivity index is 2.68. The van der Waals surface area contributed by atoms with E-state index in [1.165, 1.54) is 5.56 Å². The van der Waals surface area contributed by atoms with Crippen LogP contribution in [0.4, 0.5) is 0 Å². The zero-order valence-corrected chi connectivity index (χ0v) is 9.86. The van der Waals surface area contributed by atoms with E-state index in [4.69, 9.17) is 0 Å². The van der Waals surface area contributed by atoms with Crippen LogP contribution in [0.25, 0.3) is 0 Å². The largest absolute Gasteiger partial charge is 0.391 e. The summed E-state index contributed by atoms with van der Waals surface area (Å²) in [6.07, 6.45) is 3.80. The fourth-order valence-corrected chi connectivity index (χ4v) is 1.38. The van der Waals surface area contributed by atoms with Crippen LogP contribution in [0.15, 0.2) is 36.9 Å². The quantitative estimate of drug-likeness (QED) is 0.630. The van der Waals surface area contributed by atoms with Gasteiger partial charge in [-0.25, -0.2) is 4.79 Å². The van der Waals surface area contributed by atoms with Crippen LogP contribution in [-0.4, -0.2) is 5.97 Å². The SMILES string of the molecule is C=CCCc1ccc(C(=O)OI)cc1. The Labute approximate surface area is 97.7 Å². The molecule has 0 aromatic heterocycles. The normalized spacial score (nSPS) is 9.50. The van der Waals surface area contributed by atoms with Crippen LogP contribution in [0.3, 0.4) is 0 Å². The molecule has 0 saturated carbocycles. The summed E-state index contributed by atoms with van der Waals surface area (Å²) < 4.78 is 4.57. The monoisotopic (exact) mass is 302 g/mol. The Morgan fingerprint density at radius 1 is 1.43 bits per heavy atom. The topological polar surface area (TPSA) is 26.3 Å². The van der Waals surface area contributed by atoms with Crippen molar-refractivity contribution in [1.82, 2.24) is 0 Å². The van der Waals surface area contributed by atoms with Crippen molar-refractivity contribution in [3.8, 4) is 0 Å². The number of carbonyl (C=O) groups excluding carboxylic acids is 1. The maximum absolute atomic E-state index is 11.1. The molecule has 0 amide bonds. The second-order valence-electron chi connectivity index (χ2n) is 2.89. The van der Waals surface area contributed by atoms with E-state index in [2.05, 4.69) is 9.65 Å². The van der Waals surface area contributed by atoms with Crippen LogP contribution < -0.4 is 0 Å². The first-order chi connectivity index (χ1) is 6.77. The predicted octanol–water partition coefficient (Wildman–Crippen LogP) is 3.31. The summed E-state index contributed by atoms with van der Waals surface area (Å²) in [6.45, 7) is 3.66. The van der Waals surface area contributed by atoms with E-state index >= 15 is 0 Å². The lowest BCUT2D eigenvalue weighted by Gasteiger charge is -2.00. The van der Waals surface area contributed by atoms with Gasteiger partial charge in [0.2, 0.25) is 0 Å². The Kier molecular flexibility index (Phi) is 4.65. The molecular weight excluding hydrogens is 291 g/mol. The fraction of sp³-hybridized carbons (Fsp3) is 0.182. The van der Waals surface area contributed by atoms with E-state index in [1.54, 1.807) is 35.1 Å². The number of hydrogen-bond donors (Lipinski definition) is 0. The van der Waals surface area contributed by atoms with Gasteiger partial charge in [-0.3, -0.25) is 0 Å². The molecule has 0 aliphatic rings. The molecule has 3 heteroatoms. The molecule has 0 bridgehead atoms. The van der Waals surface area contributed by atoms with Crippen LogP contribution >= 0.6 is 23.0 Å². The average Bonchev–Trinajstić information content (AvgIpc) is 2.26. The minimum absolute atomic E-state index is 0.305. The lowest BCUT2D eigenvalue weighted by atomic mass is 10.1. The third-order valence-electron chi connectivity index (χ3n) is 1.90. The summed E-state index contributed by atoms with van der Waals surface area (Å²) in [4.78, 5) is 11.1. The highest BCUT2D eigenvalue weighted by atomic mass is 127. The van der Waals surface area contributed by atoms with Crippen molar-refractivity contribution in [2.45, 2.75) is 12.8 Å². The Morgan fingerprint density at radius 3 is 2.57 bits per heavy atom. The number of allylic oxidation sites excluding steroid dienone is 1. The molecule has 1 rings (SSSR count). The maximum Gasteiger partial charge on any atom is 0.347 e. The standard InChI is InChI=1S/C11H11IO2/c1-2-3-4-9-5-7-10(8-6-9)11(13)14-12/h2,5-8H,1,3-4H2. The van der Waals surface area contributed by atoms with Gasteiger partial charge in [0.25, 0.3) is 0 Å². The highest BCUT2D eigenvalue weighted by Crippen LogP contribution is 2.09. The van der Waals surface area contributed by atoms with E-state index < -0.39 is 0 Å². The molecule has 0 heterocycles. The third kappa shape index (κ3) is 3.14. The highest BCUT2D eigenvalue weighted by molar-refractivity contribution is 14.1. The van der Waals surface area contributed by atoms with E-state index in [0.717, 1.165) is 12.8 Å². The molecule has 0 spiro atoms. The Bertz CT molecular complexity index is 317. The van der Waals surface area contributed by atoms with E-state index in [0.29, 0.717) is 5.56 Å². The molecule has 74 valence electrons. The summed E-state index contributed by atoms with van der Waals surface area (Å²) in [6, 6.07) is 7.43. The molecule has 1 aromatic rings. The van der Waals surface area contributed by atoms with Gasteiger partial charge in [-0.2, -0.15) is 0 Å². The van der Waals surface area contributed by atoms with Gasteiger partial charge >= 0.3 is 5.97 Å². The maximum atomic E-state index is 11.1. The van der Waals surface area contributed by atoms with Crippen LogP contribution in [0.5, 0.6) is 0 Å². The van der Waals surface area contributed by atoms with Crippen LogP contribution in [0.1, 0.15) is 22.3 Å². The van der Waals surface area contributed by atoms with Gasteiger partial charge in [0.15, 0.2) is 23.0 Å². The zero-order chi connectivity index (χ0) is 10.4. The molecule has 0 unspecified atom stereocenters. The number of halogens is 1. The van der Waals surface area contributed by atoms with Gasteiger partial charge in [-0.05, 0) is 30.5 Å². The Hall–Kier alpha value is -0.840. The lowest BCUT2D eigenvalue weighted by Crippen LogP contribution is -1.97. The van der Waals surface area contributed by atoms with E-state index in [1.807, 2.05) is 18.2 Å². The van der Waals surface area contributed by atoms with Crippen LogP contribution in [-0.2, 0) is 9.49 Å². The number of aryl methyl sites for hydroxylation is 1. The summed E-state index contributed by atoms with van der Waals surface area (Å²) in [5.74, 6) is -0.305. The van der Waals surface area contributed by atoms with Crippen LogP contribution in [0.2, 0.25) is 0 Å². The molecule has 0 N–H and O–H groups in total. The van der Waals surface area contributed by atoms with Crippen LogP contribution in [0, 0.1) is 0 Å². The fourth-order valence-electron chi connectivity index (χ4n) is 1.12. The number of rotatable bonds is 4. The molecule has 0 aliphatic carbocycles. The summed E-state index contributed by atoms with van der Waals surface area (Å²) in [5.41, 5.74) is 1.79. The molecule has 1 aromatic carbocycles. The van der Waals surface area contributed by atoms with Crippen molar-refractivity contribution in [3.63, 3.8) is 0 Å². The number of hydrogen-bond acceptors (Lipinski definition) is 2. The van der Waals surface area contributed by atoms with Gasteiger partial charge < -0.3 is 3.07 Å². The average molecular weight is 302 g/mol. The molecule has 2 nitrogen and oxygen atoms in total. The van der Waals surface area contributed by atoms with Crippen molar-refractivity contribution < 1.29 is 7.86 Å². The molecule has 0 atom stereocenters. The van der Waals surface area contributed by atoms with Crippen molar-refractivity contribution in [1.29, 1.82) is 0 Å². The molecule has 0 fully saturated rings. The minimum atomic E-state index is -0.305. The highest BCUT2D eigenvalue weighted by Gasteiger charge is 2.04. The molecule has 0 saturated heterocycles. The molecule has 0 radical (unpaired) electrons. The first-order valence-electron chi connectivity index (χ1n) is 4.30. The van der Waals surface area contributed by atoms with Gasteiger partial charge in [0, 0.05) is 0 Å². The minimum Gasteiger partial charge on any atom is -0.391 e. The second-order valence-corrected chi connectivity index (χ2v) is 3.33. The first-order valence-corrected chi connectivity index (χ1v) is 5.18. The predicted molar refractivity (Wildman–Crippen MR) is 64.4 cm³/mol. The molecule has 0 aliphatic heterocycles. The van der Waals surface area contributed by atoms with Crippen molar-refractivity contribution in [2.75, 3.05) is 0 Å². The Morgan fingerprint density at radius 2 is 2.07 bits per heavy atom. The van der Waals surface area contributed by atoms with Gasteiger partial charge in [0.1, 0.15) is 0 Å². The van der Waals surface area contributed by atoms with Crippen molar-refractivity contribution in [2.24, 2.45) is 0 Å². The smallest absolute Gasteiger partial charge is 0.347 e. The van der Waals surface area contributed by atoms with E-state index in [-0.39, 0.29) is 5.97 Å². The van der Waals surface area contributed by atoms with Crippen molar-refractivity contribution in [3.05, 3.63) is 48.0 Å². The van der Waals surface area contributed by atoms with E-state index in [9.17, 15) is 4.79 Å². The van der Waals surface area contributed by atoms with Gasteiger partial charge in [0.05, 0.1) is 5.56 Å². The summed E-state index contributed by atoms with van der Waals surface area (Å²) in [5, 5.41) is 0. The first kappa shape index (κ1) is 11.2.